The quantitative estimate of drug-likeness (QED) is 0.888. The number of hydrogen-bond donors (Lipinski definition) is 2. The Morgan fingerprint density at radius 3 is 2.75 bits per heavy atom. The Hall–Kier alpha value is -1.46. The van der Waals surface area contributed by atoms with Gasteiger partial charge in [-0.05, 0) is 48.8 Å². The van der Waals surface area contributed by atoms with Gasteiger partial charge in [-0.15, -0.1) is 0 Å². The van der Waals surface area contributed by atoms with Crippen LogP contribution in [0.15, 0.2) is 18.2 Å². The van der Waals surface area contributed by atoms with Crippen LogP contribution in [0, 0.1) is 11.7 Å². The predicted molar refractivity (Wildman–Crippen MR) is 93.3 cm³/mol. The third kappa shape index (κ3) is 3.78. The third-order valence-corrected chi connectivity index (χ3v) is 5.56. The van der Waals surface area contributed by atoms with Crippen LogP contribution in [0.2, 0.25) is 0 Å². The number of hydrogen-bond acceptors (Lipinski definition) is 3. The zero-order valence-corrected chi connectivity index (χ0v) is 14.6. The average molecular weight is 333 g/mol. The number of carbonyl (C=O) groups is 1. The van der Waals surface area contributed by atoms with Gasteiger partial charge in [-0.25, -0.2) is 4.39 Å². The molecule has 1 aliphatic carbocycles. The summed E-state index contributed by atoms with van der Waals surface area (Å²) in [5, 5.41) is 6.46. The molecule has 5 heteroatoms. The molecule has 1 aliphatic heterocycles. The first-order valence-electron chi connectivity index (χ1n) is 9.04. The maximum absolute atomic E-state index is 14.1. The Bertz CT molecular complexity index is 584. The third-order valence-electron chi connectivity index (χ3n) is 5.56. The van der Waals surface area contributed by atoms with Crippen LogP contribution >= 0.6 is 0 Å². The van der Waals surface area contributed by atoms with Gasteiger partial charge in [0, 0.05) is 32.2 Å². The van der Waals surface area contributed by atoms with Gasteiger partial charge in [0.25, 0.3) is 0 Å². The van der Waals surface area contributed by atoms with Crippen molar-refractivity contribution in [1.29, 1.82) is 0 Å². The maximum atomic E-state index is 14.1. The maximum Gasteiger partial charge on any atom is 0.233 e. The smallest absolute Gasteiger partial charge is 0.233 e. The highest BCUT2D eigenvalue weighted by Crippen LogP contribution is 2.36. The molecule has 1 aromatic rings. The lowest BCUT2D eigenvalue weighted by Gasteiger charge is -2.38. The molecular weight excluding hydrogens is 305 g/mol. The van der Waals surface area contributed by atoms with Gasteiger partial charge in [-0.1, -0.05) is 19.1 Å². The fraction of sp³-hybridized carbons (Fsp3) is 0.632. The molecule has 2 aliphatic rings. The number of nitrogens with one attached hydrogen (secondary N) is 2. The molecular formula is C19H28FN3O. The summed E-state index contributed by atoms with van der Waals surface area (Å²) in [6.07, 6.45) is 3.93. The number of piperidine rings is 1. The fourth-order valence-corrected chi connectivity index (χ4v) is 4.02. The normalized spacial score (nSPS) is 25.3. The Labute approximate surface area is 143 Å². The molecule has 1 saturated heterocycles. The van der Waals surface area contributed by atoms with Gasteiger partial charge in [0.15, 0.2) is 0 Å². The number of carbonyl (C=O) groups excluding carboxylic acids is 1. The monoisotopic (exact) mass is 333 g/mol. The van der Waals surface area contributed by atoms with Crippen molar-refractivity contribution in [1.82, 2.24) is 15.5 Å². The molecule has 0 bridgehead atoms. The first kappa shape index (κ1) is 17.4. The summed E-state index contributed by atoms with van der Waals surface area (Å²) in [7, 11) is 1.68. The summed E-state index contributed by atoms with van der Waals surface area (Å²) in [5.74, 6) is 0.529. The van der Waals surface area contributed by atoms with E-state index >= 15 is 0 Å². The molecule has 0 spiro atoms. The molecule has 1 aromatic carbocycles. The van der Waals surface area contributed by atoms with Gasteiger partial charge in [-0.2, -0.15) is 0 Å². The molecule has 3 rings (SSSR count). The first-order valence-corrected chi connectivity index (χ1v) is 9.04. The summed E-state index contributed by atoms with van der Waals surface area (Å²) in [6.45, 7) is 4.60. The molecule has 1 heterocycles. The van der Waals surface area contributed by atoms with Crippen molar-refractivity contribution in [3.8, 4) is 0 Å². The topological polar surface area (TPSA) is 44.4 Å². The summed E-state index contributed by atoms with van der Waals surface area (Å²) < 4.78 is 14.1. The lowest BCUT2D eigenvalue weighted by Crippen LogP contribution is -2.47. The van der Waals surface area contributed by atoms with Crippen LogP contribution in [0.1, 0.15) is 43.4 Å². The average Bonchev–Trinajstić information content (AvgIpc) is 2.59. The lowest BCUT2D eigenvalue weighted by molar-refractivity contribution is -0.122. The van der Waals surface area contributed by atoms with E-state index in [9.17, 15) is 9.18 Å². The van der Waals surface area contributed by atoms with Crippen LogP contribution in [0.25, 0.3) is 0 Å². The van der Waals surface area contributed by atoms with Crippen molar-refractivity contribution in [2.24, 2.45) is 5.92 Å². The van der Waals surface area contributed by atoms with E-state index in [-0.39, 0.29) is 17.8 Å². The Kier molecular flexibility index (Phi) is 5.51. The minimum atomic E-state index is -0.0633. The van der Waals surface area contributed by atoms with E-state index in [0.29, 0.717) is 18.5 Å². The van der Waals surface area contributed by atoms with Gasteiger partial charge in [0.2, 0.25) is 5.91 Å². The summed E-state index contributed by atoms with van der Waals surface area (Å²) in [5.41, 5.74) is 2.03. The number of fused-ring (bicyclic) bond motifs is 1. The van der Waals surface area contributed by atoms with Crippen LogP contribution < -0.4 is 10.6 Å². The molecule has 0 saturated carbocycles. The van der Waals surface area contributed by atoms with E-state index < -0.39 is 0 Å². The number of rotatable bonds is 4. The van der Waals surface area contributed by atoms with Crippen molar-refractivity contribution in [2.45, 2.75) is 44.7 Å². The zero-order chi connectivity index (χ0) is 17.1. The van der Waals surface area contributed by atoms with Crippen molar-refractivity contribution in [3.05, 3.63) is 35.1 Å². The van der Waals surface area contributed by atoms with Crippen molar-refractivity contribution >= 4 is 5.91 Å². The molecule has 4 nitrogen and oxygen atoms in total. The van der Waals surface area contributed by atoms with Gasteiger partial charge in [0.1, 0.15) is 5.82 Å². The van der Waals surface area contributed by atoms with Gasteiger partial charge in [0.05, 0.1) is 6.54 Å². The number of likely N-dealkylation sites (N-methyl/N-ethyl adjacent to an activating group) is 1. The number of halogens is 1. The second-order valence-corrected chi connectivity index (χ2v) is 7.19. The van der Waals surface area contributed by atoms with Crippen molar-refractivity contribution in [3.63, 3.8) is 0 Å². The highest BCUT2D eigenvalue weighted by Gasteiger charge is 2.31. The number of amides is 1. The van der Waals surface area contributed by atoms with Crippen LogP contribution in [0.3, 0.4) is 0 Å². The van der Waals surface area contributed by atoms with Gasteiger partial charge < -0.3 is 10.6 Å². The Morgan fingerprint density at radius 1 is 1.29 bits per heavy atom. The van der Waals surface area contributed by atoms with Crippen LogP contribution in [-0.4, -0.2) is 43.5 Å². The SMILES string of the molecule is CNC(=O)CN1CCC(NC2c3cccc(F)c3CCC2C)CC1. The van der Waals surface area contributed by atoms with E-state index in [0.717, 1.165) is 49.9 Å². The number of likely N-dealkylation sites (tertiary alicyclic amines) is 1. The van der Waals surface area contributed by atoms with Crippen LogP contribution in [0.5, 0.6) is 0 Å². The van der Waals surface area contributed by atoms with Crippen LogP contribution in [0.4, 0.5) is 4.39 Å². The van der Waals surface area contributed by atoms with E-state index in [2.05, 4.69) is 28.5 Å². The Balaban J connectivity index is 1.61. The molecule has 1 amide bonds. The van der Waals surface area contributed by atoms with E-state index in [1.807, 2.05) is 6.07 Å². The lowest BCUT2D eigenvalue weighted by atomic mass is 9.80. The zero-order valence-electron chi connectivity index (χ0n) is 14.6. The summed E-state index contributed by atoms with van der Waals surface area (Å²) >= 11 is 0. The van der Waals surface area contributed by atoms with Gasteiger partial charge in [-0.3, -0.25) is 9.69 Å². The molecule has 0 radical (unpaired) electrons. The van der Waals surface area contributed by atoms with E-state index in [4.69, 9.17) is 0 Å². The highest BCUT2D eigenvalue weighted by molar-refractivity contribution is 5.77. The van der Waals surface area contributed by atoms with Crippen molar-refractivity contribution in [2.75, 3.05) is 26.7 Å². The van der Waals surface area contributed by atoms with Crippen LogP contribution in [-0.2, 0) is 11.2 Å². The first-order chi connectivity index (χ1) is 11.6. The standard InChI is InChI=1S/C19H28FN3O/c1-13-6-7-15-16(4-3-5-17(15)20)19(13)22-14-8-10-23(11-9-14)12-18(24)21-2/h3-5,13-14,19,22H,6-12H2,1-2H3,(H,21,24). The highest BCUT2D eigenvalue weighted by atomic mass is 19.1. The van der Waals surface area contributed by atoms with E-state index in [1.165, 1.54) is 0 Å². The molecule has 0 aromatic heterocycles. The van der Waals surface area contributed by atoms with E-state index in [1.54, 1.807) is 13.1 Å². The second-order valence-electron chi connectivity index (χ2n) is 7.19. The molecule has 2 atom stereocenters. The van der Waals surface area contributed by atoms with Gasteiger partial charge >= 0.3 is 0 Å². The second kappa shape index (κ2) is 7.62. The minimum absolute atomic E-state index is 0.0633. The predicted octanol–water partition coefficient (Wildman–Crippen LogP) is 2.25. The summed E-state index contributed by atoms with van der Waals surface area (Å²) in [4.78, 5) is 13.7. The largest absolute Gasteiger partial charge is 0.358 e. The molecule has 2 N–H and O–H groups in total. The number of benzene rings is 1. The van der Waals surface area contributed by atoms with Crippen molar-refractivity contribution < 1.29 is 9.18 Å². The number of nitrogens with zero attached hydrogens (tertiary/aromatic N) is 1. The Morgan fingerprint density at radius 2 is 2.04 bits per heavy atom. The fourth-order valence-electron chi connectivity index (χ4n) is 4.02. The molecule has 2 unspecified atom stereocenters. The molecule has 1 fully saturated rings. The summed E-state index contributed by atoms with van der Waals surface area (Å²) in [6, 6.07) is 6.15. The minimum Gasteiger partial charge on any atom is -0.358 e. The molecule has 132 valence electrons. The molecule has 24 heavy (non-hydrogen) atoms.